The predicted octanol–water partition coefficient (Wildman–Crippen LogP) is 6.29. The highest BCUT2D eigenvalue weighted by atomic mass is 31.1. The summed E-state index contributed by atoms with van der Waals surface area (Å²) in [5.41, 5.74) is 0. The molecule has 0 aromatic rings. The number of hydrogen-bond donors (Lipinski definition) is 1. The molecule has 0 aliphatic heterocycles. The van der Waals surface area contributed by atoms with Crippen LogP contribution in [0.15, 0.2) is 0 Å². The topological polar surface area (TPSA) is 37.3 Å². The molecule has 3 heteroatoms. The lowest BCUT2D eigenvalue weighted by molar-refractivity contribution is 0.218. The molecule has 0 rings (SSSR count). The van der Waals surface area contributed by atoms with Crippen molar-refractivity contribution in [1.29, 1.82) is 0 Å². The Labute approximate surface area is 133 Å². The molecule has 0 bridgehead atoms. The van der Waals surface area contributed by atoms with Crippen molar-refractivity contribution in [3.05, 3.63) is 0 Å². The van der Waals surface area contributed by atoms with Gasteiger partial charge < -0.3 is 5.11 Å². The molecule has 1 N–H and O–H groups in total. The summed E-state index contributed by atoms with van der Waals surface area (Å²) in [6.45, 7) is 3.99. The van der Waals surface area contributed by atoms with E-state index >= 15 is 0 Å². The number of unbranched alkanes of at least 4 members (excludes halogenated alkanes) is 12. The van der Waals surface area contributed by atoms with Gasteiger partial charge in [0.05, 0.1) is 13.9 Å². The van der Waals surface area contributed by atoms with Gasteiger partial charge >= 0.3 is 0 Å². The van der Waals surface area contributed by atoms with E-state index < -0.39 is 13.9 Å². The van der Waals surface area contributed by atoms with E-state index in [1.165, 1.54) is 77.0 Å². The van der Waals surface area contributed by atoms with Gasteiger partial charge in [0, 0.05) is 12.3 Å². The van der Waals surface area contributed by atoms with Crippen LogP contribution in [0.25, 0.3) is 0 Å². The van der Waals surface area contributed by atoms with E-state index in [9.17, 15) is 4.57 Å². The standard InChI is InChI=1S/C18H38O2P/c1-3-4-5-6-7-8-9-10-11-12-13-14-15-16-21(20)17-18(2)19/h18-19H,3-17H2,1-2H3. The minimum Gasteiger partial charge on any atom is -0.393 e. The maximum Gasteiger partial charge on any atom is 0.0744 e. The third-order valence-electron chi connectivity index (χ3n) is 3.98. The van der Waals surface area contributed by atoms with Gasteiger partial charge in [0.2, 0.25) is 0 Å². The van der Waals surface area contributed by atoms with Crippen LogP contribution in [0.3, 0.4) is 0 Å². The van der Waals surface area contributed by atoms with Crippen LogP contribution in [-0.4, -0.2) is 23.5 Å². The van der Waals surface area contributed by atoms with Gasteiger partial charge in [0.25, 0.3) is 0 Å². The molecule has 2 nitrogen and oxygen atoms in total. The smallest absolute Gasteiger partial charge is 0.0744 e. The molecular weight excluding hydrogens is 279 g/mol. The Balaban J connectivity index is 3.07. The Kier molecular flexibility index (Phi) is 16.5. The van der Waals surface area contributed by atoms with E-state index in [-0.39, 0.29) is 0 Å². The molecule has 0 fully saturated rings. The summed E-state index contributed by atoms with van der Waals surface area (Å²) in [5, 5.41) is 9.14. The van der Waals surface area contributed by atoms with Crippen LogP contribution in [0.4, 0.5) is 0 Å². The molecule has 21 heavy (non-hydrogen) atoms. The van der Waals surface area contributed by atoms with Gasteiger partial charge in [-0.25, -0.2) is 0 Å². The second-order valence-corrected chi connectivity index (χ2v) is 8.26. The largest absolute Gasteiger partial charge is 0.393 e. The highest BCUT2D eigenvalue weighted by Gasteiger charge is 2.04. The number of aliphatic hydroxyl groups excluding tert-OH is 1. The van der Waals surface area contributed by atoms with Crippen LogP contribution < -0.4 is 0 Å². The Morgan fingerprint density at radius 2 is 1.14 bits per heavy atom. The lowest BCUT2D eigenvalue weighted by Crippen LogP contribution is -2.03. The average molecular weight is 317 g/mol. The van der Waals surface area contributed by atoms with E-state index in [2.05, 4.69) is 6.92 Å². The monoisotopic (exact) mass is 317 g/mol. The fourth-order valence-electron chi connectivity index (χ4n) is 2.69. The van der Waals surface area contributed by atoms with Crippen molar-refractivity contribution in [3.8, 4) is 0 Å². The lowest BCUT2D eigenvalue weighted by Gasteiger charge is -2.04. The first-order chi connectivity index (χ1) is 10.2. The lowest BCUT2D eigenvalue weighted by atomic mass is 10.1. The Morgan fingerprint density at radius 3 is 1.52 bits per heavy atom. The summed E-state index contributed by atoms with van der Waals surface area (Å²) in [6, 6.07) is 0. The molecule has 0 aromatic heterocycles. The van der Waals surface area contributed by atoms with E-state index in [0.29, 0.717) is 6.16 Å². The minimum atomic E-state index is -1.16. The zero-order valence-corrected chi connectivity index (χ0v) is 15.4. The maximum absolute atomic E-state index is 11.5. The fourth-order valence-corrected chi connectivity index (χ4v) is 4.04. The minimum absolute atomic E-state index is 0.407. The summed E-state index contributed by atoms with van der Waals surface area (Å²) >= 11 is 0. The molecule has 0 saturated carbocycles. The van der Waals surface area contributed by atoms with Gasteiger partial charge in [-0.05, 0) is 13.3 Å². The molecule has 0 aromatic carbocycles. The maximum atomic E-state index is 11.5. The van der Waals surface area contributed by atoms with Crippen LogP contribution >= 0.6 is 7.80 Å². The molecule has 0 amide bonds. The molecule has 0 heterocycles. The van der Waals surface area contributed by atoms with Crippen LogP contribution in [-0.2, 0) is 4.57 Å². The van der Waals surface area contributed by atoms with Crippen molar-refractivity contribution in [3.63, 3.8) is 0 Å². The third-order valence-corrected chi connectivity index (χ3v) is 5.73. The Hall–Kier alpha value is 0.0600. The molecular formula is C18H38O2P. The summed E-state index contributed by atoms with van der Waals surface area (Å²) < 4.78 is 11.5. The van der Waals surface area contributed by atoms with Gasteiger partial charge in [0.1, 0.15) is 0 Å². The Bertz CT molecular complexity index is 229. The van der Waals surface area contributed by atoms with Gasteiger partial charge in [-0.15, -0.1) is 0 Å². The molecule has 2 atom stereocenters. The third kappa shape index (κ3) is 18.0. The SMILES string of the molecule is CCCCCCCCCCCCCCC[P](=O)CC(C)O. The van der Waals surface area contributed by atoms with E-state index in [0.717, 1.165) is 12.6 Å². The van der Waals surface area contributed by atoms with Gasteiger partial charge in [0.15, 0.2) is 0 Å². The van der Waals surface area contributed by atoms with Crippen molar-refractivity contribution in [1.82, 2.24) is 0 Å². The van der Waals surface area contributed by atoms with E-state index in [1.54, 1.807) is 6.92 Å². The van der Waals surface area contributed by atoms with Crippen molar-refractivity contribution in [2.24, 2.45) is 0 Å². The zero-order valence-electron chi connectivity index (χ0n) is 14.5. The highest BCUT2D eigenvalue weighted by molar-refractivity contribution is 7.44. The average Bonchev–Trinajstić information content (AvgIpc) is 2.43. The second kappa shape index (κ2) is 16.4. The predicted molar refractivity (Wildman–Crippen MR) is 94.7 cm³/mol. The molecule has 0 saturated heterocycles. The summed E-state index contributed by atoms with van der Waals surface area (Å²) in [6.07, 6.45) is 18.4. The Morgan fingerprint density at radius 1 is 0.762 bits per heavy atom. The van der Waals surface area contributed by atoms with Crippen LogP contribution in [0, 0.1) is 0 Å². The first-order valence-corrected chi connectivity index (χ1v) is 10.9. The van der Waals surface area contributed by atoms with Gasteiger partial charge in [-0.1, -0.05) is 84.0 Å². The van der Waals surface area contributed by atoms with Gasteiger partial charge in [-0.3, -0.25) is 4.57 Å². The van der Waals surface area contributed by atoms with Crippen molar-refractivity contribution >= 4 is 7.80 Å². The summed E-state index contributed by atoms with van der Waals surface area (Å²) in [5.74, 6) is 0. The molecule has 127 valence electrons. The van der Waals surface area contributed by atoms with E-state index in [1.807, 2.05) is 0 Å². The van der Waals surface area contributed by atoms with Crippen molar-refractivity contribution < 1.29 is 9.67 Å². The normalized spacial score (nSPS) is 13.4. The molecule has 2 unspecified atom stereocenters. The quantitative estimate of drug-likeness (QED) is 0.268. The molecule has 0 aliphatic rings. The second-order valence-electron chi connectivity index (χ2n) is 6.48. The number of hydrogen-bond acceptors (Lipinski definition) is 2. The van der Waals surface area contributed by atoms with Crippen molar-refractivity contribution in [2.75, 3.05) is 12.3 Å². The first kappa shape index (κ1) is 21.1. The summed E-state index contributed by atoms with van der Waals surface area (Å²) in [7, 11) is -1.16. The molecule has 0 spiro atoms. The van der Waals surface area contributed by atoms with Crippen LogP contribution in [0.2, 0.25) is 0 Å². The fraction of sp³-hybridized carbons (Fsp3) is 1.00. The summed E-state index contributed by atoms with van der Waals surface area (Å²) in [4.78, 5) is 0. The number of rotatable bonds is 16. The van der Waals surface area contributed by atoms with Gasteiger partial charge in [-0.2, -0.15) is 0 Å². The van der Waals surface area contributed by atoms with Crippen molar-refractivity contribution in [2.45, 2.75) is 103 Å². The van der Waals surface area contributed by atoms with E-state index in [4.69, 9.17) is 5.11 Å². The van der Waals surface area contributed by atoms with Crippen LogP contribution in [0.5, 0.6) is 0 Å². The molecule has 1 radical (unpaired) electrons. The zero-order chi connectivity index (χ0) is 15.8. The number of aliphatic hydroxyl groups is 1. The van der Waals surface area contributed by atoms with Crippen LogP contribution in [0.1, 0.15) is 97.3 Å². The molecule has 0 aliphatic carbocycles. The highest BCUT2D eigenvalue weighted by Crippen LogP contribution is 2.24. The first-order valence-electron chi connectivity index (χ1n) is 9.27.